The molecule has 0 aromatic rings. The topological polar surface area (TPSA) is 273 Å². The van der Waals surface area contributed by atoms with E-state index in [9.17, 15) is 48.6 Å². The van der Waals surface area contributed by atoms with Crippen LogP contribution in [0.1, 0.15) is 70.6 Å². The zero-order valence-corrected chi connectivity index (χ0v) is 29.5. The average Bonchev–Trinajstić information content (AvgIpc) is 3.97. The highest BCUT2D eigenvalue weighted by molar-refractivity contribution is 5.96. The highest BCUT2D eigenvalue weighted by Crippen LogP contribution is 2.28. The molecule has 9 N–H and O–H groups in total. The summed E-state index contributed by atoms with van der Waals surface area (Å²) in [6, 6.07) is -5.36. The Hall–Kier alpha value is -4.36. The molecule has 7 amide bonds. The Balaban J connectivity index is 1.29. The SMILES string of the molecule is NCCCC[C@H](NC(=O)CNC(=O)[C@H](CO)NC(=O)[C@@H]1CCCN1)C(=O)NCC(=O)N1CCC[C@H]1C(=O)N1CCC[C@H]1C(=O)N1CCC[C@H]1C(=O)O. The molecule has 0 aromatic heterocycles. The van der Waals surface area contributed by atoms with E-state index in [1.165, 1.54) is 14.7 Å². The highest BCUT2D eigenvalue weighted by Gasteiger charge is 2.45. The van der Waals surface area contributed by atoms with E-state index in [2.05, 4.69) is 26.6 Å². The van der Waals surface area contributed by atoms with Crippen molar-refractivity contribution >= 4 is 47.3 Å². The average molecular weight is 736 g/mol. The maximum atomic E-state index is 13.7. The lowest BCUT2D eigenvalue weighted by molar-refractivity contribution is -0.153. The zero-order valence-electron chi connectivity index (χ0n) is 29.5. The quantitative estimate of drug-likeness (QED) is 0.0667. The highest BCUT2D eigenvalue weighted by atomic mass is 16.4. The van der Waals surface area contributed by atoms with Crippen LogP contribution in [0.15, 0.2) is 0 Å². The van der Waals surface area contributed by atoms with Gasteiger partial charge in [0.1, 0.15) is 30.2 Å². The van der Waals surface area contributed by atoms with Crippen LogP contribution >= 0.6 is 0 Å². The second-order valence-corrected chi connectivity index (χ2v) is 13.7. The summed E-state index contributed by atoms with van der Waals surface area (Å²) >= 11 is 0. The largest absolute Gasteiger partial charge is 0.480 e. The minimum Gasteiger partial charge on any atom is -0.480 e. The van der Waals surface area contributed by atoms with Crippen LogP contribution < -0.4 is 32.3 Å². The monoisotopic (exact) mass is 735 g/mol. The van der Waals surface area contributed by atoms with E-state index in [-0.39, 0.29) is 18.9 Å². The maximum Gasteiger partial charge on any atom is 0.326 e. The Kier molecular flexibility index (Phi) is 15.1. The number of aliphatic hydroxyl groups excluding tert-OH is 1. The molecule has 0 aromatic carbocycles. The van der Waals surface area contributed by atoms with Gasteiger partial charge in [-0.2, -0.15) is 0 Å². The van der Waals surface area contributed by atoms with Gasteiger partial charge in [0.05, 0.1) is 25.7 Å². The number of hydrogen-bond acceptors (Lipinski definition) is 11. The number of likely N-dealkylation sites (tertiary alicyclic amines) is 3. The van der Waals surface area contributed by atoms with E-state index in [1.807, 2.05) is 0 Å². The molecule has 4 saturated heterocycles. The molecular weight excluding hydrogens is 682 g/mol. The van der Waals surface area contributed by atoms with Gasteiger partial charge < -0.3 is 57.2 Å². The molecule has 4 aliphatic rings. The van der Waals surface area contributed by atoms with Crippen molar-refractivity contribution in [1.82, 2.24) is 41.3 Å². The summed E-state index contributed by atoms with van der Waals surface area (Å²) < 4.78 is 0. The Morgan fingerprint density at radius 2 is 1.29 bits per heavy atom. The minimum absolute atomic E-state index is 0.190. The van der Waals surface area contributed by atoms with Gasteiger partial charge in [-0.3, -0.25) is 33.6 Å². The van der Waals surface area contributed by atoms with E-state index >= 15 is 0 Å². The molecule has 0 bridgehead atoms. The standard InChI is InChI=1S/C33H53N9O10/c34-12-2-1-7-21(38-26(44)17-36-29(47)22(19-43)39-30(48)20-8-3-13-35-20)28(46)37-18-27(45)40-14-4-9-23(40)31(49)41-15-5-10-24(41)32(50)42-16-6-11-25(42)33(51)52/h20-25,35,43H,1-19,34H2,(H,36,47)(H,37,46)(H,38,44)(H,39,48)(H,51,52)/t20-,21-,22-,23-,24-,25-/m0/s1. The molecule has 0 unspecified atom stereocenters. The Morgan fingerprint density at radius 3 is 1.88 bits per heavy atom. The van der Waals surface area contributed by atoms with Crippen LogP contribution in [-0.4, -0.2) is 161 Å². The van der Waals surface area contributed by atoms with Gasteiger partial charge in [-0.15, -0.1) is 0 Å². The maximum absolute atomic E-state index is 13.7. The number of aliphatic carboxylic acids is 1. The molecule has 4 rings (SSSR count). The zero-order chi connectivity index (χ0) is 37.8. The number of nitrogens with zero attached hydrogens (tertiary/aromatic N) is 3. The summed E-state index contributed by atoms with van der Waals surface area (Å²) in [6.07, 6.45) is 5.45. The fraction of sp³-hybridized carbons (Fsp3) is 0.758. The summed E-state index contributed by atoms with van der Waals surface area (Å²) in [5.74, 6) is -4.94. The number of hydrogen-bond donors (Lipinski definition) is 8. The number of unbranched alkanes of at least 4 members (excludes halogenated alkanes) is 1. The lowest BCUT2D eigenvalue weighted by Crippen LogP contribution is -2.56. The van der Waals surface area contributed by atoms with Crippen LogP contribution in [-0.2, 0) is 38.4 Å². The van der Waals surface area contributed by atoms with Gasteiger partial charge in [-0.1, -0.05) is 0 Å². The first-order valence-corrected chi connectivity index (χ1v) is 18.3. The first kappa shape index (κ1) is 40.4. The van der Waals surface area contributed by atoms with Crippen molar-refractivity contribution in [3.05, 3.63) is 0 Å². The Labute approximate surface area is 302 Å². The van der Waals surface area contributed by atoms with Crippen molar-refractivity contribution in [3.8, 4) is 0 Å². The van der Waals surface area contributed by atoms with Gasteiger partial charge in [-0.05, 0) is 83.7 Å². The molecule has 4 aliphatic heterocycles. The molecule has 0 radical (unpaired) electrons. The van der Waals surface area contributed by atoms with E-state index in [0.29, 0.717) is 84.0 Å². The third kappa shape index (κ3) is 10.4. The number of nitrogens with one attached hydrogen (secondary N) is 5. The van der Waals surface area contributed by atoms with Crippen LogP contribution in [0.5, 0.6) is 0 Å². The molecule has 0 spiro atoms. The lowest BCUT2D eigenvalue weighted by atomic mass is 10.1. The molecule has 0 aliphatic carbocycles. The molecule has 19 heteroatoms. The number of carbonyl (C=O) groups excluding carboxylic acids is 7. The van der Waals surface area contributed by atoms with Crippen LogP contribution in [0.3, 0.4) is 0 Å². The predicted molar refractivity (Wildman–Crippen MR) is 183 cm³/mol. The van der Waals surface area contributed by atoms with Crippen molar-refractivity contribution in [2.75, 3.05) is 52.4 Å². The minimum atomic E-state index is -1.27. The number of carboxylic acid groups (broad SMARTS) is 1. The normalized spacial score (nSPS) is 23.9. The summed E-state index contributed by atoms with van der Waals surface area (Å²) in [5, 5.41) is 32.1. The number of rotatable bonds is 17. The molecule has 4 heterocycles. The first-order valence-electron chi connectivity index (χ1n) is 18.3. The Bertz CT molecular complexity index is 1340. The van der Waals surface area contributed by atoms with Crippen molar-refractivity contribution in [1.29, 1.82) is 0 Å². The molecule has 4 fully saturated rings. The fourth-order valence-corrected chi connectivity index (χ4v) is 7.34. The van der Waals surface area contributed by atoms with Crippen LogP contribution in [0.25, 0.3) is 0 Å². The van der Waals surface area contributed by atoms with Crippen molar-refractivity contribution < 1.29 is 48.6 Å². The second kappa shape index (κ2) is 19.5. The number of carboxylic acids is 1. The third-order valence-electron chi connectivity index (χ3n) is 10.1. The molecule has 0 saturated carbocycles. The third-order valence-corrected chi connectivity index (χ3v) is 10.1. The van der Waals surface area contributed by atoms with E-state index < -0.39 is 97.4 Å². The fourth-order valence-electron chi connectivity index (χ4n) is 7.34. The summed E-state index contributed by atoms with van der Waals surface area (Å²) in [5.41, 5.74) is 5.60. The van der Waals surface area contributed by atoms with E-state index in [0.717, 1.165) is 6.42 Å². The number of aliphatic hydroxyl groups is 1. The number of carbonyl (C=O) groups is 8. The molecular formula is C33H53N9O10. The molecule has 19 nitrogen and oxygen atoms in total. The predicted octanol–water partition coefficient (Wildman–Crippen LogP) is -3.88. The smallest absolute Gasteiger partial charge is 0.326 e. The van der Waals surface area contributed by atoms with Gasteiger partial charge in [-0.25, -0.2) is 4.79 Å². The second-order valence-electron chi connectivity index (χ2n) is 13.7. The first-order chi connectivity index (χ1) is 25.0. The summed E-state index contributed by atoms with van der Waals surface area (Å²) in [4.78, 5) is 107. The van der Waals surface area contributed by atoms with Crippen molar-refractivity contribution in [3.63, 3.8) is 0 Å². The van der Waals surface area contributed by atoms with Crippen LogP contribution in [0.2, 0.25) is 0 Å². The van der Waals surface area contributed by atoms with Gasteiger partial charge in [0.15, 0.2) is 0 Å². The van der Waals surface area contributed by atoms with Crippen LogP contribution in [0.4, 0.5) is 0 Å². The number of amides is 7. The van der Waals surface area contributed by atoms with Crippen LogP contribution in [0, 0.1) is 0 Å². The summed E-state index contributed by atoms with van der Waals surface area (Å²) in [6.45, 7) is 0.241. The van der Waals surface area contributed by atoms with Gasteiger partial charge in [0, 0.05) is 19.6 Å². The van der Waals surface area contributed by atoms with Gasteiger partial charge in [0.2, 0.25) is 41.4 Å². The van der Waals surface area contributed by atoms with Gasteiger partial charge >= 0.3 is 5.97 Å². The molecule has 52 heavy (non-hydrogen) atoms. The molecule has 290 valence electrons. The number of nitrogens with two attached hydrogens (primary N) is 1. The molecule has 6 atom stereocenters. The van der Waals surface area contributed by atoms with E-state index in [1.54, 1.807) is 0 Å². The Morgan fingerprint density at radius 1 is 0.712 bits per heavy atom. The van der Waals surface area contributed by atoms with Crippen molar-refractivity contribution in [2.24, 2.45) is 5.73 Å². The summed E-state index contributed by atoms with van der Waals surface area (Å²) in [7, 11) is 0. The lowest BCUT2D eigenvalue weighted by Gasteiger charge is -2.33. The van der Waals surface area contributed by atoms with Gasteiger partial charge in [0.25, 0.3) is 0 Å². The van der Waals surface area contributed by atoms with Crippen molar-refractivity contribution in [2.45, 2.75) is 107 Å². The van der Waals surface area contributed by atoms with E-state index in [4.69, 9.17) is 5.73 Å².